The maximum absolute atomic E-state index is 12.5. The zero-order chi connectivity index (χ0) is 13.2. The highest BCUT2D eigenvalue weighted by molar-refractivity contribution is 6.08. The lowest BCUT2D eigenvalue weighted by Gasteiger charge is -2.29. The molecule has 2 N–H and O–H groups in total. The van der Waals surface area contributed by atoms with Crippen molar-refractivity contribution in [2.45, 2.75) is 0 Å². The Morgan fingerprint density at radius 3 is 2.95 bits per heavy atom. The molecule has 1 aliphatic rings. The number of anilines is 2. The average Bonchev–Trinajstić information content (AvgIpc) is 2.46. The van der Waals surface area contributed by atoms with Crippen LogP contribution < -0.4 is 15.4 Å². The average molecular weight is 255 g/mol. The Hall–Kier alpha value is -2.56. The smallest absolute Gasteiger partial charge is 0.279 e. The van der Waals surface area contributed by atoms with Crippen molar-refractivity contribution < 1.29 is 9.53 Å². The van der Waals surface area contributed by atoms with E-state index in [0.717, 1.165) is 5.69 Å². The Bertz CT molecular complexity index is 628. The number of nitrogen functional groups attached to an aromatic ring is 1. The summed E-state index contributed by atoms with van der Waals surface area (Å²) in [5, 5.41) is 0. The number of para-hydroxylation sites is 2. The SMILES string of the molecule is Nc1cccnc1C(=O)N1CCOc2ccccc21. The number of benzene rings is 1. The van der Waals surface area contributed by atoms with Crippen molar-refractivity contribution in [3.8, 4) is 5.75 Å². The lowest BCUT2D eigenvalue weighted by atomic mass is 10.2. The summed E-state index contributed by atoms with van der Waals surface area (Å²) in [4.78, 5) is 18.2. The van der Waals surface area contributed by atoms with Gasteiger partial charge >= 0.3 is 0 Å². The first-order chi connectivity index (χ1) is 9.27. The number of fused-ring (bicyclic) bond motifs is 1. The lowest BCUT2D eigenvalue weighted by molar-refractivity contribution is 0.0973. The first-order valence-electron chi connectivity index (χ1n) is 6.01. The largest absolute Gasteiger partial charge is 0.490 e. The number of hydrogen-bond acceptors (Lipinski definition) is 4. The zero-order valence-electron chi connectivity index (χ0n) is 10.2. The van der Waals surface area contributed by atoms with Gasteiger partial charge in [-0.05, 0) is 24.3 Å². The van der Waals surface area contributed by atoms with Crippen molar-refractivity contribution in [3.05, 3.63) is 48.3 Å². The van der Waals surface area contributed by atoms with Crippen LogP contribution in [0.5, 0.6) is 5.75 Å². The van der Waals surface area contributed by atoms with Crippen molar-refractivity contribution in [2.24, 2.45) is 0 Å². The van der Waals surface area contributed by atoms with Crippen LogP contribution in [0.15, 0.2) is 42.6 Å². The summed E-state index contributed by atoms with van der Waals surface area (Å²) < 4.78 is 5.52. The third-order valence-electron chi connectivity index (χ3n) is 3.02. The summed E-state index contributed by atoms with van der Waals surface area (Å²) in [6, 6.07) is 10.8. The molecule has 5 nitrogen and oxygen atoms in total. The Morgan fingerprint density at radius 2 is 2.11 bits per heavy atom. The number of aromatic nitrogens is 1. The molecule has 0 spiro atoms. The molecule has 0 atom stereocenters. The fraction of sp³-hybridized carbons (Fsp3) is 0.143. The van der Waals surface area contributed by atoms with Crippen LogP contribution in [0.2, 0.25) is 0 Å². The summed E-state index contributed by atoms with van der Waals surface area (Å²) in [5.74, 6) is 0.505. The van der Waals surface area contributed by atoms with Crippen molar-refractivity contribution in [1.82, 2.24) is 4.98 Å². The second-order valence-corrected chi connectivity index (χ2v) is 4.21. The van der Waals surface area contributed by atoms with Crippen LogP contribution in [0.3, 0.4) is 0 Å². The van der Waals surface area contributed by atoms with Gasteiger partial charge in [-0.25, -0.2) is 4.98 Å². The van der Waals surface area contributed by atoms with Crippen LogP contribution in [0.4, 0.5) is 11.4 Å². The minimum Gasteiger partial charge on any atom is -0.490 e. The molecule has 0 saturated carbocycles. The topological polar surface area (TPSA) is 68.5 Å². The van der Waals surface area contributed by atoms with Crippen molar-refractivity contribution in [1.29, 1.82) is 0 Å². The van der Waals surface area contributed by atoms with E-state index >= 15 is 0 Å². The highest BCUT2D eigenvalue weighted by atomic mass is 16.5. The van der Waals surface area contributed by atoms with Crippen molar-refractivity contribution in [3.63, 3.8) is 0 Å². The first-order valence-corrected chi connectivity index (χ1v) is 6.01. The van der Waals surface area contributed by atoms with E-state index in [2.05, 4.69) is 4.98 Å². The maximum Gasteiger partial charge on any atom is 0.279 e. The molecule has 0 radical (unpaired) electrons. The number of carbonyl (C=O) groups excluding carboxylic acids is 1. The Kier molecular flexibility index (Phi) is 2.79. The van der Waals surface area contributed by atoms with Gasteiger partial charge in [-0.1, -0.05) is 12.1 Å². The van der Waals surface area contributed by atoms with E-state index in [9.17, 15) is 4.79 Å². The molecule has 5 heteroatoms. The molecule has 1 aromatic carbocycles. The number of amides is 1. The molecule has 1 aromatic heterocycles. The molecular formula is C14H13N3O2. The molecule has 0 fully saturated rings. The minimum atomic E-state index is -0.200. The van der Waals surface area contributed by atoms with Gasteiger partial charge in [-0.15, -0.1) is 0 Å². The highest BCUT2D eigenvalue weighted by Crippen LogP contribution is 2.32. The maximum atomic E-state index is 12.5. The van der Waals surface area contributed by atoms with Gasteiger partial charge in [0, 0.05) is 6.20 Å². The van der Waals surface area contributed by atoms with Crippen molar-refractivity contribution in [2.75, 3.05) is 23.8 Å². The van der Waals surface area contributed by atoms with E-state index in [1.165, 1.54) is 0 Å². The van der Waals surface area contributed by atoms with Gasteiger partial charge in [-0.2, -0.15) is 0 Å². The van der Waals surface area contributed by atoms with Gasteiger partial charge in [0.25, 0.3) is 5.91 Å². The Balaban J connectivity index is 2.00. The van der Waals surface area contributed by atoms with Crippen LogP contribution in [0.1, 0.15) is 10.5 Å². The van der Waals surface area contributed by atoms with Gasteiger partial charge in [-0.3, -0.25) is 4.79 Å². The fourth-order valence-corrected chi connectivity index (χ4v) is 2.10. The number of carbonyl (C=O) groups is 1. The quantitative estimate of drug-likeness (QED) is 0.842. The normalized spacial score (nSPS) is 13.6. The molecule has 2 aromatic rings. The standard InChI is InChI=1S/C14H13N3O2/c15-10-4-3-7-16-13(10)14(18)17-8-9-19-12-6-2-1-5-11(12)17/h1-7H,8-9,15H2. The van der Waals surface area contributed by atoms with E-state index < -0.39 is 0 Å². The fourth-order valence-electron chi connectivity index (χ4n) is 2.10. The summed E-state index contributed by atoms with van der Waals surface area (Å²) in [6.07, 6.45) is 1.57. The third kappa shape index (κ3) is 1.99. The van der Waals surface area contributed by atoms with Gasteiger partial charge in [0.05, 0.1) is 17.9 Å². The van der Waals surface area contributed by atoms with E-state index in [1.807, 2.05) is 24.3 Å². The molecule has 1 amide bonds. The second kappa shape index (κ2) is 4.61. The Labute approximate surface area is 110 Å². The van der Waals surface area contributed by atoms with E-state index in [0.29, 0.717) is 24.6 Å². The van der Waals surface area contributed by atoms with Gasteiger partial charge in [0.2, 0.25) is 0 Å². The van der Waals surface area contributed by atoms with Gasteiger partial charge in [0.15, 0.2) is 5.69 Å². The number of nitrogens with two attached hydrogens (primary N) is 1. The number of ether oxygens (including phenoxy) is 1. The molecule has 0 aliphatic carbocycles. The van der Waals surface area contributed by atoms with Crippen LogP contribution in [-0.2, 0) is 0 Å². The van der Waals surface area contributed by atoms with Crippen LogP contribution in [0, 0.1) is 0 Å². The van der Waals surface area contributed by atoms with E-state index in [1.54, 1.807) is 23.2 Å². The molecule has 19 heavy (non-hydrogen) atoms. The number of rotatable bonds is 1. The summed E-state index contributed by atoms with van der Waals surface area (Å²) in [5.41, 5.74) is 7.22. The molecule has 0 unspecified atom stereocenters. The lowest BCUT2D eigenvalue weighted by Crippen LogP contribution is -2.38. The summed E-state index contributed by atoms with van der Waals surface area (Å²) in [6.45, 7) is 0.960. The monoisotopic (exact) mass is 255 g/mol. The van der Waals surface area contributed by atoms with Crippen LogP contribution >= 0.6 is 0 Å². The van der Waals surface area contributed by atoms with Gasteiger partial charge in [0.1, 0.15) is 12.4 Å². The minimum absolute atomic E-state index is 0.200. The predicted molar refractivity (Wildman–Crippen MR) is 72.3 cm³/mol. The van der Waals surface area contributed by atoms with Crippen molar-refractivity contribution >= 4 is 17.3 Å². The summed E-state index contributed by atoms with van der Waals surface area (Å²) in [7, 11) is 0. The zero-order valence-corrected chi connectivity index (χ0v) is 10.2. The van der Waals surface area contributed by atoms with E-state index in [4.69, 9.17) is 10.5 Å². The number of pyridine rings is 1. The molecule has 0 saturated heterocycles. The molecular weight excluding hydrogens is 242 g/mol. The molecule has 2 heterocycles. The van der Waals surface area contributed by atoms with Crippen LogP contribution in [-0.4, -0.2) is 24.0 Å². The number of nitrogens with zero attached hydrogens (tertiary/aromatic N) is 2. The van der Waals surface area contributed by atoms with Gasteiger partial charge < -0.3 is 15.4 Å². The van der Waals surface area contributed by atoms with Crippen LogP contribution in [0.25, 0.3) is 0 Å². The second-order valence-electron chi connectivity index (χ2n) is 4.21. The van der Waals surface area contributed by atoms with E-state index in [-0.39, 0.29) is 11.6 Å². The third-order valence-corrected chi connectivity index (χ3v) is 3.02. The molecule has 0 bridgehead atoms. The predicted octanol–water partition coefficient (Wildman–Crippen LogP) is 1.70. The summed E-state index contributed by atoms with van der Waals surface area (Å²) >= 11 is 0. The molecule has 96 valence electrons. The first kappa shape index (κ1) is 11.5. The number of hydrogen-bond donors (Lipinski definition) is 1. The molecule has 1 aliphatic heterocycles. The Morgan fingerprint density at radius 1 is 1.26 bits per heavy atom. The highest BCUT2D eigenvalue weighted by Gasteiger charge is 2.26. The molecule has 3 rings (SSSR count).